The molecule has 19 heavy (non-hydrogen) atoms. The zero-order valence-corrected chi connectivity index (χ0v) is 11.7. The van der Waals surface area contributed by atoms with Crippen LogP contribution in [0.1, 0.15) is 31.9 Å². The van der Waals surface area contributed by atoms with E-state index in [-0.39, 0.29) is 11.3 Å². The van der Waals surface area contributed by atoms with Crippen LogP contribution in [0.2, 0.25) is 0 Å². The molecular formula is C13H14N2O3S. The van der Waals surface area contributed by atoms with Gasteiger partial charge in [-0.1, -0.05) is 16.5 Å². The van der Waals surface area contributed by atoms with Crippen molar-refractivity contribution in [1.29, 1.82) is 5.26 Å². The van der Waals surface area contributed by atoms with Gasteiger partial charge in [-0.3, -0.25) is 0 Å². The van der Waals surface area contributed by atoms with Gasteiger partial charge in [0.05, 0.1) is 11.6 Å². The average Bonchev–Trinajstić information content (AvgIpc) is 2.34. The number of benzene rings is 1. The van der Waals surface area contributed by atoms with E-state index in [4.69, 9.17) is 10.4 Å². The van der Waals surface area contributed by atoms with Gasteiger partial charge in [-0.25, -0.2) is 4.79 Å². The lowest BCUT2D eigenvalue weighted by molar-refractivity contribution is -0.129. The molecule has 0 aliphatic rings. The minimum absolute atomic E-state index is 0.268. The molecule has 6 heteroatoms. The molecule has 0 saturated carbocycles. The zero-order valence-electron chi connectivity index (χ0n) is 10.9. The summed E-state index contributed by atoms with van der Waals surface area (Å²) in [5, 5.41) is 18.0. The van der Waals surface area contributed by atoms with Gasteiger partial charge < -0.3 is 9.66 Å². The molecule has 0 saturated heterocycles. The van der Waals surface area contributed by atoms with Crippen LogP contribution >= 0.6 is 0 Å². The van der Waals surface area contributed by atoms with Crippen LogP contribution in [0.15, 0.2) is 28.7 Å². The van der Waals surface area contributed by atoms with Crippen molar-refractivity contribution in [3.05, 3.63) is 35.4 Å². The summed E-state index contributed by atoms with van der Waals surface area (Å²) in [6.07, 6.45) is 0. The molecule has 0 spiro atoms. The Hall–Kier alpha value is -1.84. The lowest BCUT2D eigenvalue weighted by atomic mass is 10.1. The van der Waals surface area contributed by atoms with Crippen LogP contribution in [0.3, 0.4) is 0 Å². The molecule has 0 radical (unpaired) electrons. The van der Waals surface area contributed by atoms with Gasteiger partial charge in [0.25, 0.3) is 0 Å². The topological polar surface area (TPSA) is 96.5 Å². The van der Waals surface area contributed by atoms with Gasteiger partial charge in [-0.2, -0.15) is 5.26 Å². The summed E-state index contributed by atoms with van der Waals surface area (Å²) in [6, 6.07) is 7.97. The lowest BCUT2D eigenvalue weighted by Gasteiger charge is -2.18. The van der Waals surface area contributed by atoms with E-state index < -0.39 is 22.1 Å². The van der Waals surface area contributed by atoms with Crippen LogP contribution in [-0.4, -0.2) is 26.1 Å². The van der Waals surface area contributed by atoms with Crippen LogP contribution in [0, 0.1) is 11.3 Å². The molecule has 1 aromatic rings. The predicted molar refractivity (Wildman–Crippen MR) is 73.2 cm³/mol. The minimum Gasteiger partial charge on any atom is -0.591 e. The molecule has 5 nitrogen and oxygen atoms in total. The predicted octanol–water partition coefficient (Wildman–Crippen LogP) is 1.89. The van der Waals surface area contributed by atoms with Crippen molar-refractivity contribution in [2.45, 2.75) is 25.5 Å². The Labute approximate surface area is 114 Å². The number of carboxylic acids is 1. The van der Waals surface area contributed by atoms with E-state index in [1.807, 2.05) is 6.07 Å². The van der Waals surface area contributed by atoms with Gasteiger partial charge in [0.1, 0.15) is 16.1 Å². The number of rotatable bonds is 3. The van der Waals surface area contributed by atoms with Crippen molar-refractivity contribution in [3.8, 4) is 6.07 Å². The number of nitrogens with zero attached hydrogens (tertiary/aromatic N) is 2. The summed E-state index contributed by atoms with van der Waals surface area (Å²) >= 11 is -1.67. The number of hydrogen-bond acceptors (Lipinski definition) is 4. The molecule has 0 bridgehead atoms. The molecule has 0 heterocycles. The molecule has 1 aromatic carbocycles. The quantitative estimate of drug-likeness (QED) is 0.674. The first-order valence-electron chi connectivity index (χ1n) is 5.50. The highest BCUT2D eigenvalue weighted by Crippen LogP contribution is 2.18. The molecule has 100 valence electrons. The maximum Gasteiger partial charge on any atom is 0.359 e. The Morgan fingerprint density at radius 1 is 1.47 bits per heavy atom. The van der Waals surface area contributed by atoms with Crippen molar-refractivity contribution in [2.75, 3.05) is 0 Å². The van der Waals surface area contributed by atoms with E-state index in [9.17, 15) is 9.35 Å². The third-order valence-corrected chi connectivity index (χ3v) is 3.56. The van der Waals surface area contributed by atoms with E-state index >= 15 is 0 Å². The molecule has 0 aromatic heterocycles. The summed E-state index contributed by atoms with van der Waals surface area (Å²) in [4.78, 5) is 11.2. The van der Waals surface area contributed by atoms with Crippen molar-refractivity contribution in [3.63, 3.8) is 0 Å². The number of carboxylic acid groups (broad SMARTS) is 1. The van der Waals surface area contributed by atoms with Crippen LogP contribution in [0.4, 0.5) is 0 Å². The molecular weight excluding hydrogens is 264 g/mol. The van der Waals surface area contributed by atoms with E-state index in [0.717, 1.165) is 0 Å². The normalized spacial score (nSPS) is 13.7. The Kier molecular flexibility index (Phi) is 4.70. The van der Waals surface area contributed by atoms with Crippen molar-refractivity contribution in [2.24, 2.45) is 4.40 Å². The number of hydrogen-bond donors (Lipinski definition) is 1. The van der Waals surface area contributed by atoms with Gasteiger partial charge in [0.2, 0.25) is 5.71 Å². The van der Waals surface area contributed by atoms with Gasteiger partial charge in [0.15, 0.2) is 0 Å². The second kappa shape index (κ2) is 5.87. The highest BCUT2D eigenvalue weighted by molar-refractivity contribution is 7.91. The van der Waals surface area contributed by atoms with E-state index in [1.54, 1.807) is 32.9 Å². The monoisotopic (exact) mass is 278 g/mol. The number of aliphatic carboxylic acids is 1. The Morgan fingerprint density at radius 3 is 2.58 bits per heavy atom. The first kappa shape index (κ1) is 15.2. The second-order valence-electron chi connectivity index (χ2n) is 4.80. The molecule has 1 N–H and O–H groups in total. The molecule has 0 aliphatic heterocycles. The SMILES string of the molecule is CC(C)(C)[S+]([O-])/N=C(\C(=O)O)c1cccc(C#N)c1. The van der Waals surface area contributed by atoms with Crippen molar-refractivity contribution < 1.29 is 14.5 Å². The maximum absolute atomic E-state index is 11.9. The van der Waals surface area contributed by atoms with Crippen molar-refractivity contribution >= 4 is 23.0 Å². The third kappa shape index (κ3) is 4.09. The summed E-state index contributed by atoms with van der Waals surface area (Å²) in [6.45, 7) is 5.12. The maximum atomic E-state index is 11.9. The van der Waals surface area contributed by atoms with Gasteiger partial charge in [-0.05, 0) is 32.9 Å². The highest BCUT2D eigenvalue weighted by atomic mass is 32.2. The van der Waals surface area contributed by atoms with Gasteiger partial charge in [0, 0.05) is 5.56 Å². The number of carbonyl (C=O) groups is 1. The zero-order chi connectivity index (χ0) is 14.6. The van der Waals surface area contributed by atoms with Gasteiger partial charge in [-0.15, -0.1) is 0 Å². The fraction of sp³-hybridized carbons (Fsp3) is 0.308. The van der Waals surface area contributed by atoms with Crippen LogP contribution in [0.25, 0.3) is 0 Å². The van der Waals surface area contributed by atoms with Crippen LogP contribution < -0.4 is 0 Å². The van der Waals surface area contributed by atoms with Crippen LogP contribution in [0.5, 0.6) is 0 Å². The number of nitriles is 1. The molecule has 1 unspecified atom stereocenters. The summed E-state index contributed by atoms with van der Waals surface area (Å²) in [5.41, 5.74) is 0.294. The average molecular weight is 278 g/mol. The summed E-state index contributed by atoms with van der Waals surface area (Å²) in [7, 11) is 0. The van der Waals surface area contributed by atoms with E-state index in [1.165, 1.54) is 12.1 Å². The Morgan fingerprint density at radius 2 is 2.11 bits per heavy atom. The first-order chi connectivity index (χ1) is 8.75. The first-order valence-corrected chi connectivity index (χ1v) is 6.61. The molecule has 0 amide bonds. The second-order valence-corrected chi connectivity index (χ2v) is 6.70. The molecule has 0 fully saturated rings. The summed E-state index contributed by atoms with van der Waals surface area (Å²) in [5.74, 6) is -1.27. The van der Waals surface area contributed by atoms with Crippen LogP contribution in [-0.2, 0) is 16.2 Å². The molecule has 0 aliphatic carbocycles. The third-order valence-electron chi connectivity index (χ3n) is 2.17. The largest absolute Gasteiger partial charge is 0.591 e. The molecule has 1 rings (SSSR count). The van der Waals surface area contributed by atoms with E-state index in [2.05, 4.69) is 4.40 Å². The Balaban J connectivity index is 3.26. The van der Waals surface area contributed by atoms with E-state index in [0.29, 0.717) is 5.56 Å². The fourth-order valence-electron chi connectivity index (χ4n) is 1.17. The minimum atomic E-state index is -1.67. The fourth-order valence-corrected chi connectivity index (χ4v) is 1.79. The smallest absolute Gasteiger partial charge is 0.359 e. The molecule has 1 atom stereocenters. The standard InChI is InChI=1S/C13H14N2O3S/c1-13(2,3)19(18)15-11(12(16)17)10-6-4-5-9(7-10)8-14/h4-7H,1-3H3,(H,16,17)/b15-11-. The highest BCUT2D eigenvalue weighted by Gasteiger charge is 2.29. The lowest BCUT2D eigenvalue weighted by Crippen LogP contribution is -2.28. The summed E-state index contributed by atoms with van der Waals surface area (Å²) < 4.78 is 15.0. The Bertz CT molecular complexity index is 556. The van der Waals surface area contributed by atoms with Gasteiger partial charge >= 0.3 is 5.97 Å². The van der Waals surface area contributed by atoms with Crippen molar-refractivity contribution in [1.82, 2.24) is 0 Å².